The van der Waals surface area contributed by atoms with Crippen molar-refractivity contribution in [2.45, 2.75) is 11.1 Å². The van der Waals surface area contributed by atoms with Crippen molar-refractivity contribution in [3.8, 4) is 11.3 Å². The average Bonchev–Trinajstić information content (AvgIpc) is 3.45. The summed E-state index contributed by atoms with van der Waals surface area (Å²) >= 11 is 6.94. The van der Waals surface area contributed by atoms with E-state index in [2.05, 4.69) is 30.0 Å². The number of aryl methyl sites for hydroxylation is 2. The summed E-state index contributed by atoms with van der Waals surface area (Å²) in [5, 5.41) is 8.72. The van der Waals surface area contributed by atoms with Crippen LogP contribution in [-0.4, -0.2) is 72.5 Å². The highest BCUT2D eigenvalue weighted by atomic mass is 35.5. The van der Waals surface area contributed by atoms with Crippen LogP contribution in [0.1, 0.15) is 5.56 Å². The summed E-state index contributed by atoms with van der Waals surface area (Å²) in [7, 11) is -1.93. The molecule has 10 nitrogen and oxygen atoms in total. The lowest BCUT2D eigenvalue weighted by Crippen LogP contribution is -2.39. The molecule has 0 saturated carbocycles. The highest BCUT2D eigenvalue weighted by Gasteiger charge is 2.20. The van der Waals surface area contributed by atoms with Crippen molar-refractivity contribution in [3.63, 3.8) is 0 Å². The normalized spacial score (nSPS) is 14.9. The van der Waals surface area contributed by atoms with Gasteiger partial charge in [-0.15, -0.1) is 11.3 Å². The Morgan fingerprint density at radius 2 is 2.00 bits per heavy atom. The molecule has 1 aromatic carbocycles. The van der Waals surface area contributed by atoms with Crippen LogP contribution in [0.3, 0.4) is 0 Å². The molecule has 0 atom stereocenters. The molecular formula is C23H26ClN7O3S2. The van der Waals surface area contributed by atoms with Crippen molar-refractivity contribution in [2.24, 2.45) is 7.05 Å². The molecule has 36 heavy (non-hydrogen) atoms. The third-order valence-electron chi connectivity index (χ3n) is 5.96. The van der Waals surface area contributed by atoms with Crippen LogP contribution in [0.5, 0.6) is 0 Å². The van der Waals surface area contributed by atoms with Crippen LogP contribution in [0.2, 0.25) is 4.34 Å². The number of morpholine rings is 1. The van der Waals surface area contributed by atoms with Gasteiger partial charge in [0.2, 0.25) is 5.95 Å². The number of aromatic nitrogens is 4. The molecular weight excluding hydrogens is 522 g/mol. The lowest BCUT2D eigenvalue weighted by atomic mass is 10.1. The van der Waals surface area contributed by atoms with Gasteiger partial charge in [0.05, 0.1) is 28.6 Å². The smallest absolute Gasteiger partial charge is 0.271 e. The topological polar surface area (TPSA) is 114 Å². The molecule has 13 heteroatoms. The standard InChI is InChI=1S/C23H26ClN7O3S2/c1-15-3-4-16(13-18(15)29-36(32,33)20-6-5-19(24)35-20)21-17-14-26-23(27-22(17)30(2)28-21)25-7-8-31-9-11-34-12-10-31/h3-6,13-14,29H,7-12H2,1-2H3,(H,25,26,27). The van der Waals surface area contributed by atoms with E-state index < -0.39 is 10.0 Å². The first-order valence-electron chi connectivity index (χ1n) is 11.4. The summed E-state index contributed by atoms with van der Waals surface area (Å²) in [6, 6.07) is 8.60. The first-order chi connectivity index (χ1) is 17.3. The van der Waals surface area contributed by atoms with Crippen LogP contribution in [0.4, 0.5) is 11.6 Å². The van der Waals surface area contributed by atoms with Gasteiger partial charge >= 0.3 is 0 Å². The fourth-order valence-corrected chi connectivity index (χ4v) is 6.61. The zero-order valence-corrected chi connectivity index (χ0v) is 22.3. The van der Waals surface area contributed by atoms with E-state index in [-0.39, 0.29) is 4.21 Å². The van der Waals surface area contributed by atoms with Crippen molar-refractivity contribution in [1.29, 1.82) is 0 Å². The number of thiophene rings is 1. The van der Waals surface area contributed by atoms with Gasteiger partial charge < -0.3 is 10.1 Å². The van der Waals surface area contributed by atoms with Gasteiger partial charge in [0.15, 0.2) is 5.65 Å². The Morgan fingerprint density at radius 1 is 1.19 bits per heavy atom. The van der Waals surface area contributed by atoms with Gasteiger partial charge in [-0.2, -0.15) is 10.1 Å². The largest absolute Gasteiger partial charge is 0.379 e. The summed E-state index contributed by atoms with van der Waals surface area (Å²) in [6.45, 7) is 6.87. The zero-order chi connectivity index (χ0) is 25.3. The van der Waals surface area contributed by atoms with Crippen LogP contribution in [0, 0.1) is 6.92 Å². The molecule has 3 aromatic heterocycles. The molecule has 0 spiro atoms. The van der Waals surface area contributed by atoms with Gasteiger partial charge in [0, 0.05) is 45.0 Å². The maximum atomic E-state index is 12.8. The van der Waals surface area contributed by atoms with Gasteiger partial charge in [0.1, 0.15) is 9.90 Å². The molecule has 1 aliphatic heterocycles. The number of nitrogens with zero attached hydrogens (tertiary/aromatic N) is 5. The molecule has 2 N–H and O–H groups in total. The molecule has 4 heterocycles. The Balaban J connectivity index is 1.37. The quantitative estimate of drug-likeness (QED) is 0.344. The highest BCUT2D eigenvalue weighted by Crippen LogP contribution is 2.32. The Morgan fingerprint density at radius 3 is 2.75 bits per heavy atom. The Hall–Kier alpha value is -2.77. The molecule has 0 bridgehead atoms. The lowest BCUT2D eigenvalue weighted by Gasteiger charge is -2.26. The van der Waals surface area contributed by atoms with Crippen molar-refractivity contribution < 1.29 is 13.2 Å². The van der Waals surface area contributed by atoms with E-state index in [0.29, 0.717) is 27.3 Å². The van der Waals surface area contributed by atoms with Gasteiger partial charge in [0.25, 0.3) is 10.0 Å². The molecule has 5 rings (SSSR count). The molecule has 4 aromatic rings. The number of ether oxygens (including phenoxy) is 1. The highest BCUT2D eigenvalue weighted by molar-refractivity contribution is 7.94. The summed E-state index contributed by atoms with van der Waals surface area (Å²) in [6.07, 6.45) is 1.75. The number of halogens is 1. The number of nitrogens with one attached hydrogen (secondary N) is 2. The SMILES string of the molecule is Cc1ccc(-c2nn(C)c3nc(NCCN4CCOCC4)ncc23)cc1NS(=O)(=O)c1ccc(Cl)s1. The van der Waals surface area contributed by atoms with E-state index in [1.807, 2.05) is 26.1 Å². The molecule has 0 amide bonds. The number of hydrogen-bond acceptors (Lipinski definition) is 9. The molecule has 1 aliphatic rings. The van der Waals surface area contributed by atoms with Crippen LogP contribution < -0.4 is 10.0 Å². The number of hydrogen-bond donors (Lipinski definition) is 2. The van der Waals surface area contributed by atoms with Crippen LogP contribution in [0.25, 0.3) is 22.3 Å². The first kappa shape index (κ1) is 24.9. The minimum atomic E-state index is -3.76. The van der Waals surface area contributed by atoms with E-state index in [1.165, 1.54) is 6.07 Å². The molecule has 0 radical (unpaired) electrons. The lowest BCUT2D eigenvalue weighted by molar-refractivity contribution is 0.0398. The van der Waals surface area contributed by atoms with Crippen molar-refractivity contribution in [2.75, 3.05) is 49.4 Å². The van der Waals surface area contributed by atoms with Crippen molar-refractivity contribution in [1.82, 2.24) is 24.6 Å². The third kappa shape index (κ3) is 5.32. The van der Waals surface area contributed by atoms with Gasteiger partial charge in [-0.25, -0.2) is 18.1 Å². The molecule has 190 valence electrons. The fraction of sp³-hybridized carbons (Fsp3) is 0.348. The van der Waals surface area contributed by atoms with Crippen LogP contribution >= 0.6 is 22.9 Å². The maximum Gasteiger partial charge on any atom is 0.271 e. The third-order valence-corrected chi connectivity index (χ3v) is 9.05. The van der Waals surface area contributed by atoms with Crippen LogP contribution in [-0.2, 0) is 21.8 Å². The number of rotatable bonds is 8. The van der Waals surface area contributed by atoms with E-state index in [9.17, 15) is 8.42 Å². The predicted octanol–water partition coefficient (Wildman–Crippen LogP) is 3.60. The maximum absolute atomic E-state index is 12.8. The summed E-state index contributed by atoms with van der Waals surface area (Å²) < 4.78 is 36.0. The number of sulfonamides is 1. The van der Waals surface area contributed by atoms with E-state index in [1.54, 1.807) is 23.0 Å². The molecule has 0 unspecified atom stereocenters. The predicted molar refractivity (Wildman–Crippen MR) is 142 cm³/mol. The Labute approximate surface area is 218 Å². The second kappa shape index (κ2) is 10.3. The second-order valence-electron chi connectivity index (χ2n) is 8.48. The Kier molecular flexibility index (Phi) is 7.13. The van der Waals surface area contributed by atoms with Gasteiger partial charge in [-0.3, -0.25) is 9.62 Å². The number of benzene rings is 1. The second-order valence-corrected chi connectivity index (χ2v) is 12.1. The monoisotopic (exact) mass is 547 g/mol. The minimum Gasteiger partial charge on any atom is -0.379 e. The summed E-state index contributed by atoms with van der Waals surface area (Å²) in [4.78, 5) is 11.5. The van der Waals surface area contributed by atoms with Gasteiger partial charge in [-0.1, -0.05) is 23.7 Å². The van der Waals surface area contributed by atoms with E-state index in [4.69, 9.17) is 16.3 Å². The Bertz CT molecular complexity index is 1500. The number of fused-ring (bicyclic) bond motifs is 1. The zero-order valence-electron chi connectivity index (χ0n) is 19.9. The molecule has 1 saturated heterocycles. The average molecular weight is 548 g/mol. The molecule has 0 aliphatic carbocycles. The van der Waals surface area contributed by atoms with E-state index in [0.717, 1.165) is 67.2 Å². The van der Waals surface area contributed by atoms with Crippen LogP contribution in [0.15, 0.2) is 40.7 Å². The molecule has 1 fully saturated rings. The minimum absolute atomic E-state index is 0.155. The van der Waals surface area contributed by atoms with E-state index >= 15 is 0 Å². The number of anilines is 2. The van der Waals surface area contributed by atoms with Gasteiger partial charge in [-0.05, 0) is 30.7 Å². The summed E-state index contributed by atoms with van der Waals surface area (Å²) in [5.41, 5.74) is 3.37. The fourth-order valence-electron chi connectivity index (χ4n) is 4.00. The first-order valence-corrected chi connectivity index (χ1v) is 14.1. The summed E-state index contributed by atoms with van der Waals surface area (Å²) in [5.74, 6) is 0.539. The van der Waals surface area contributed by atoms with Crippen molar-refractivity contribution >= 4 is 55.6 Å². The van der Waals surface area contributed by atoms with Crippen molar-refractivity contribution in [3.05, 3.63) is 46.4 Å².